The summed E-state index contributed by atoms with van der Waals surface area (Å²) in [5.74, 6) is 0. The fraction of sp³-hybridized carbons (Fsp3) is 0. The Labute approximate surface area is 59.3 Å². The first-order chi connectivity index (χ1) is 3.83. The van der Waals surface area contributed by atoms with Gasteiger partial charge in [0.2, 0.25) is 0 Å². The molecule has 1 aromatic rings. The maximum absolute atomic E-state index is 5.33. The summed E-state index contributed by atoms with van der Waals surface area (Å²) < 4.78 is 0. The van der Waals surface area contributed by atoms with E-state index in [0.29, 0.717) is 5.13 Å². The molecule has 0 bridgehead atoms. The Morgan fingerprint density at radius 1 is 1.88 bits per heavy atom. The summed E-state index contributed by atoms with van der Waals surface area (Å²) in [6.07, 6.45) is 0. The third-order valence-electron chi connectivity index (χ3n) is 0.710. The number of aromatic nitrogens is 1. The first kappa shape index (κ1) is 5.96. The SMILES string of the molecule is Nc1nc([CH]=[Al])cs1. The van der Waals surface area contributed by atoms with Gasteiger partial charge in [0.05, 0.1) is 0 Å². The predicted molar refractivity (Wildman–Crippen MR) is 37.4 cm³/mol. The summed E-state index contributed by atoms with van der Waals surface area (Å²) in [6.45, 7) is 0. The molecule has 2 N–H and O–H groups in total. The van der Waals surface area contributed by atoms with Crippen molar-refractivity contribution in [3.63, 3.8) is 0 Å². The Bertz CT molecular complexity index is 196. The van der Waals surface area contributed by atoms with E-state index in [1.807, 2.05) is 10.3 Å². The molecular weight excluding hydrogens is 135 g/mol. The Morgan fingerprint density at radius 2 is 2.62 bits per heavy atom. The molecule has 0 unspecified atom stereocenters. The van der Waals surface area contributed by atoms with Gasteiger partial charge in [-0.2, -0.15) is 0 Å². The minimum absolute atomic E-state index is 0.624. The third-order valence-corrected chi connectivity index (χ3v) is 1.74. The van der Waals surface area contributed by atoms with Crippen molar-refractivity contribution in [1.82, 2.24) is 4.98 Å². The van der Waals surface area contributed by atoms with Gasteiger partial charge in [-0.15, -0.1) is 0 Å². The second-order valence-corrected chi connectivity index (χ2v) is 2.50. The first-order valence-corrected chi connectivity index (χ1v) is 3.63. The van der Waals surface area contributed by atoms with Gasteiger partial charge in [-0.05, 0) is 0 Å². The molecule has 0 fully saturated rings. The van der Waals surface area contributed by atoms with E-state index in [9.17, 15) is 0 Å². The minimum atomic E-state index is 0.624. The van der Waals surface area contributed by atoms with Crippen LogP contribution >= 0.6 is 11.3 Å². The zero-order valence-electron chi connectivity index (χ0n) is 4.16. The molecule has 0 saturated carbocycles. The first-order valence-electron chi connectivity index (χ1n) is 2.09. The summed E-state index contributed by atoms with van der Waals surface area (Å²) in [5.41, 5.74) is 6.26. The summed E-state index contributed by atoms with van der Waals surface area (Å²) in [5, 5.41) is 2.53. The molecule has 8 heavy (non-hydrogen) atoms. The summed E-state index contributed by atoms with van der Waals surface area (Å²) >= 11 is 3.92. The molecule has 0 aromatic carbocycles. The average molecular weight is 139 g/mol. The number of hydrogen-bond acceptors (Lipinski definition) is 3. The molecule has 1 heterocycles. The zero-order chi connectivity index (χ0) is 5.98. The molecule has 1 aromatic heterocycles. The van der Waals surface area contributed by atoms with Crippen LogP contribution < -0.4 is 5.73 Å². The number of hydrogen-bond donors (Lipinski definition) is 1. The van der Waals surface area contributed by atoms with Crippen molar-refractivity contribution in [2.75, 3.05) is 5.73 Å². The van der Waals surface area contributed by atoms with Crippen molar-refractivity contribution in [2.24, 2.45) is 0 Å². The van der Waals surface area contributed by atoms with Gasteiger partial charge in [0.1, 0.15) is 0 Å². The van der Waals surface area contributed by atoms with Crippen molar-refractivity contribution in [1.29, 1.82) is 0 Å². The maximum atomic E-state index is 5.33. The van der Waals surface area contributed by atoms with Crippen LogP contribution in [0.1, 0.15) is 5.69 Å². The van der Waals surface area contributed by atoms with Gasteiger partial charge in [0.15, 0.2) is 0 Å². The van der Waals surface area contributed by atoms with Crippen LogP contribution in [-0.2, 0) is 0 Å². The van der Waals surface area contributed by atoms with Crippen LogP contribution in [0.4, 0.5) is 5.13 Å². The standard InChI is InChI=1S/C4H4N2S.Al/c1-3-2-7-4(5)6-3;/h1-2H,(H2,5,6);. The average Bonchev–Trinajstić information content (AvgIpc) is 2.14. The van der Waals surface area contributed by atoms with E-state index in [1.54, 1.807) is 0 Å². The fourth-order valence-electron chi connectivity index (χ4n) is 0.377. The molecule has 39 valence electrons. The van der Waals surface area contributed by atoms with Crippen molar-refractivity contribution in [3.8, 4) is 0 Å². The number of thiazole rings is 1. The van der Waals surface area contributed by atoms with Crippen LogP contribution in [0.3, 0.4) is 0 Å². The van der Waals surface area contributed by atoms with Gasteiger partial charge in [-0.25, -0.2) is 0 Å². The van der Waals surface area contributed by atoms with Gasteiger partial charge in [0, 0.05) is 0 Å². The Hall–Kier alpha value is -0.168. The van der Waals surface area contributed by atoms with Gasteiger partial charge in [0.25, 0.3) is 0 Å². The van der Waals surface area contributed by atoms with Crippen LogP contribution in [0.15, 0.2) is 5.38 Å². The molecular formula is C4H4AlN2S. The van der Waals surface area contributed by atoms with Gasteiger partial charge in [-0.3, -0.25) is 0 Å². The van der Waals surface area contributed by atoms with E-state index in [0.717, 1.165) is 5.69 Å². The summed E-state index contributed by atoms with van der Waals surface area (Å²) in [7, 11) is 0. The van der Waals surface area contributed by atoms with Crippen molar-refractivity contribution < 1.29 is 0 Å². The molecule has 0 amide bonds. The zero-order valence-corrected chi connectivity index (χ0v) is 6.14. The number of nitrogen functional groups attached to an aromatic ring is 1. The Balaban J connectivity index is 3.00. The van der Waals surface area contributed by atoms with E-state index in [2.05, 4.69) is 20.8 Å². The Kier molecular flexibility index (Phi) is 1.79. The molecule has 4 heteroatoms. The quantitative estimate of drug-likeness (QED) is 0.558. The van der Waals surface area contributed by atoms with Crippen LogP contribution in [0, 0.1) is 0 Å². The molecule has 1 radical (unpaired) electrons. The molecule has 2 nitrogen and oxygen atoms in total. The number of rotatable bonds is 1. The van der Waals surface area contributed by atoms with Gasteiger partial charge < -0.3 is 0 Å². The molecule has 0 atom stereocenters. The van der Waals surface area contributed by atoms with Crippen LogP contribution in [-0.4, -0.2) is 25.7 Å². The van der Waals surface area contributed by atoms with Crippen molar-refractivity contribution >= 4 is 37.2 Å². The number of anilines is 1. The van der Waals surface area contributed by atoms with E-state index >= 15 is 0 Å². The normalized spacial score (nSPS) is 8.88. The summed E-state index contributed by atoms with van der Waals surface area (Å²) in [6, 6.07) is 0. The molecule has 0 aliphatic heterocycles. The predicted octanol–water partition coefficient (Wildman–Crippen LogP) is 0.0441. The van der Waals surface area contributed by atoms with E-state index in [4.69, 9.17) is 5.73 Å². The topological polar surface area (TPSA) is 38.9 Å². The summed E-state index contributed by atoms with van der Waals surface area (Å²) in [4.78, 5) is 5.79. The van der Waals surface area contributed by atoms with Gasteiger partial charge in [-0.1, -0.05) is 0 Å². The molecule has 0 aliphatic rings. The second kappa shape index (κ2) is 2.40. The van der Waals surface area contributed by atoms with Crippen molar-refractivity contribution in [2.45, 2.75) is 0 Å². The molecule has 1 rings (SSSR count). The monoisotopic (exact) mass is 139 g/mol. The van der Waals surface area contributed by atoms with Crippen LogP contribution in [0.2, 0.25) is 0 Å². The Morgan fingerprint density at radius 3 is 2.88 bits per heavy atom. The number of nitrogens with zero attached hydrogens (tertiary/aromatic N) is 1. The van der Waals surface area contributed by atoms with E-state index in [-0.39, 0.29) is 0 Å². The van der Waals surface area contributed by atoms with Crippen molar-refractivity contribution in [3.05, 3.63) is 11.1 Å². The fourth-order valence-corrected chi connectivity index (χ4v) is 1.22. The van der Waals surface area contributed by atoms with Crippen LogP contribution in [0.5, 0.6) is 0 Å². The van der Waals surface area contributed by atoms with E-state index < -0.39 is 0 Å². The molecule has 0 saturated heterocycles. The molecule has 0 aliphatic carbocycles. The van der Waals surface area contributed by atoms with Crippen LogP contribution in [0.25, 0.3) is 0 Å². The van der Waals surface area contributed by atoms with E-state index in [1.165, 1.54) is 11.3 Å². The second-order valence-electron chi connectivity index (χ2n) is 1.28. The molecule has 0 spiro atoms. The van der Waals surface area contributed by atoms with Gasteiger partial charge >= 0.3 is 59.0 Å². The third kappa shape index (κ3) is 1.16. The number of nitrogens with two attached hydrogens (primary N) is 1.